The Morgan fingerprint density at radius 1 is 1.04 bits per heavy atom. The van der Waals surface area contributed by atoms with Gasteiger partial charge in [-0.15, -0.1) is 5.10 Å². The molecule has 0 atom stereocenters. The Bertz CT molecular complexity index is 841. The van der Waals surface area contributed by atoms with Crippen molar-refractivity contribution in [1.82, 2.24) is 25.5 Å². The Morgan fingerprint density at radius 2 is 1.68 bits per heavy atom. The molecule has 1 heterocycles. The highest BCUT2D eigenvalue weighted by atomic mass is 16.5. The van der Waals surface area contributed by atoms with Crippen LogP contribution in [0, 0.1) is 13.8 Å². The van der Waals surface area contributed by atoms with E-state index in [0.29, 0.717) is 11.6 Å². The van der Waals surface area contributed by atoms with Gasteiger partial charge >= 0.3 is 0 Å². The van der Waals surface area contributed by atoms with Crippen molar-refractivity contribution in [1.29, 1.82) is 0 Å². The molecule has 7 nitrogen and oxygen atoms in total. The fourth-order valence-corrected chi connectivity index (χ4v) is 2.21. The summed E-state index contributed by atoms with van der Waals surface area (Å²) >= 11 is 0. The first kappa shape index (κ1) is 16.6. The molecule has 0 fully saturated rings. The van der Waals surface area contributed by atoms with Gasteiger partial charge in [0, 0.05) is 0 Å². The van der Waals surface area contributed by atoms with Crippen LogP contribution in [-0.2, 0) is 11.3 Å². The zero-order valence-corrected chi connectivity index (χ0v) is 14.1. The van der Waals surface area contributed by atoms with Crippen molar-refractivity contribution in [2.75, 3.05) is 6.61 Å². The summed E-state index contributed by atoms with van der Waals surface area (Å²) in [6.45, 7) is 4.17. The molecule has 3 aromatic rings. The number of amides is 1. The highest BCUT2D eigenvalue weighted by Gasteiger charge is 2.10. The summed E-state index contributed by atoms with van der Waals surface area (Å²) in [6, 6.07) is 15.4. The average Bonchev–Trinajstić information content (AvgIpc) is 3.09. The van der Waals surface area contributed by atoms with Crippen LogP contribution in [0.1, 0.15) is 17.0 Å². The molecule has 25 heavy (non-hydrogen) atoms. The van der Waals surface area contributed by atoms with Gasteiger partial charge in [0.05, 0.1) is 12.2 Å². The van der Waals surface area contributed by atoms with Crippen molar-refractivity contribution in [3.8, 4) is 11.4 Å². The van der Waals surface area contributed by atoms with Gasteiger partial charge in [-0.25, -0.2) is 0 Å². The van der Waals surface area contributed by atoms with E-state index in [1.54, 1.807) is 4.68 Å². The second-order valence-electron chi connectivity index (χ2n) is 5.72. The van der Waals surface area contributed by atoms with Crippen LogP contribution >= 0.6 is 0 Å². The normalized spacial score (nSPS) is 10.5. The molecule has 0 spiro atoms. The molecule has 1 amide bonds. The molecule has 1 aromatic heterocycles. The maximum absolute atomic E-state index is 12.0. The highest BCUT2D eigenvalue weighted by molar-refractivity contribution is 5.77. The van der Waals surface area contributed by atoms with Crippen LogP contribution in [0.25, 0.3) is 5.69 Å². The Kier molecular flexibility index (Phi) is 5.03. The first-order valence-electron chi connectivity index (χ1n) is 7.92. The molecule has 0 aliphatic carbocycles. The van der Waals surface area contributed by atoms with Crippen LogP contribution in [0.4, 0.5) is 0 Å². The van der Waals surface area contributed by atoms with Crippen LogP contribution in [0.2, 0.25) is 0 Å². The Morgan fingerprint density at radius 3 is 2.36 bits per heavy atom. The van der Waals surface area contributed by atoms with Gasteiger partial charge in [-0.3, -0.25) is 4.79 Å². The van der Waals surface area contributed by atoms with E-state index in [1.807, 2.05) is 62.4 Å². The molecule has 0 aliphatic heterocycles. The van der Waals surface area contributed by atoms with Gasteiger partial charge in [-0.1, -0.05) is 35.4 Å². The number of aryl methyl sites for hydroxylation is 2. The van der Waals surface area contributed by atoms with Crippen molar-refractivity contribution in [2.45, 2.75) is 20.4 Å². The van der Waals surface area contributed by atoms with E-state index < -0.39 is 0 Å². The first-order valence-corrected chi connectivity index (χ1v) is 7.92. The lowest BCUT2D eigenvalue weighted by molar-refractivity contribution is -0.123. The molecule has 0 aliphatic rings. The molecule has 0 saturated heterocycles. The molecule has 0 unspecified atom stereocenters. The number of benzene rings is 2. The zero-order chi connectivity index (χ0) is 17.6. The monoisotopic (exact) mass is 337 g/mol. The van der Waals surface area contributed by atoms with Crippen molar-refractivity contribution in [2.24, 2.45) is 0 Å². The van der Waals surface area contributed by atoms with Gasteiger partial charge < -0.3 is 10.1 Å². The number of tetrazole rings is 1. The number of aromatic nitrogens is 4. The van der Waals surface area contributed by atoms with E-state index in [9.17, 15) is 4.79 Å². The fraction of sp³-hybridized carbons (Fsp3) is 0.222. The SMILES string of the molecule is Cc1ccc(OCC(=O)NCc2nnnn2-c2ccc(C)cc2)cc1. The molecule has 0 saturated carbocycles. The molecule has 2 aromatic carbocycles. The van der Waals surface area contributed by atoms with E-state index in [2.05, 4.69) is 20.8 Å². The van der Waals surface area contributed by atoms with E-state index >= 15 is 0 Å². The first-order chi connectivity index (χ1) is 12.1. The van der Waals surface area contributed by atoms with E-state index in [1.165, 1.54) is 0 Å². The third-order valence-electron chi connectivity index (χ3n) is 3.65. The minimum absolute atomic E-state index is 0.0604. The van der Waals surface area contributed by atoms with Crippen molar-refractivity contribution >= 4 is 5.91 Å². The third kappa shape index (κ3) is 4.41. The van der Waals surface area contributed by atoms with Gasteiger partial charge in [0.2, 0.25) is 0 Å². The minimum Gasteiger partial charge on any atom is -0.484 e. The number of hydrogen-bond donors (Lipinski definition) is 1. The number of hydrogen-bond acceptors (Lipinski definition) is 5. The summed E-state index contributed by atoms with van der Waals surface area (Å²) in [5.74, 6) is 0.969. The Hall–Kier alpha value is -3.22. The molecule has 0 bridgehead atoms. The molecule has 3 rings (SSSR count). The number of nitrogens with zero attached hydrogens (tertiary/aromatic N) is 4. The summed E-state index contributed by atoms with van der Waals surface area (Å²) in [6.07, 6.45) is 0. The summed E-state index contributed by atoms with van der Waals surface area (Å²) < 4.78 is 7.05. The lowest BCUT2D eigenvalue weighted by atomic mass is 10.2. The number of ether oxygens (including phenoxy) is 1. The van der Waals surface area contributed by atoms with Gasteiger partial charge in [0.25, 0.3) is 5.91 Å². The standard InChI is InChI=1S/C18H19N5O2/c1-13-3-7-15(8-4-13)23-17(20-21-22-23)11-19-18(24)12-25-16-9-5-14(2)6-10-16/h3-10H,11-12H2,1-2H3,(H,19,24). The van der Waals surface area contributed by atoms with E-state index in [4.69, 9.17) is 4.74 Å². The molecular formula is C18H19N5O2. The molecule has 128 valence electrons. The highest BCUT2D eigenvalue weighted by Crippen LogP contribution is 2.11. The van der Waals surface area contributed by atoms with Gasteiger partial charge in [0.1, 0.15) is 5.75 Å². The lowest BCUT2D eigenvalue weighted by Gasteiger charge is -2.08. The largest absolute Gasteiger partial charge is 0.484 e. The van der Waals surface area contributed by atoms with Crippen LogP contribution in [0.15, 0.2) is 48.5 Å². The van der Waals surface area contributed by atoms with E-state index in [-0.39, 0.29) is 19.1 Å². The summed E-state index contributed by atoms with van der Waals surface area (Å²) in [5, 5.41) is 14.4. The third-order valence-corrected chi connectivity index (χ3v) is 3.65. The zero-order valence-electron chi connectivity index (χ0n) is 14.1. The predicted molar refractivity (Wildman–Crippen MR) is 92.4 cm³/mol. The number of rotatable bonds is 6. The molecule has 1 N–H and O–H groups in total. The van der Waals surface area contributed by atoms with Gasteiger partial charge in [0.15, 0.2) is 12.4 Å². The summed E-state index contributed by atoms with van der Waals surface area (Å²) in [7, 11) is 0. The van der Waals surface area contributed by atoms with Crippen LogP contribution in [0.5, 0.6) is 5.75 Å². The Labute approximate surface area is 145 Å². The van der Waals surface area contributed by atoms with Gasteiger partial charge in [-0.05, 0) is 48.5 Å². The van der Waals surface area contributed by atoms with Crippen molar-refractivity contribution in [3.05, 3.63) is 65.5 Å². The topological polar surface area (TPSA) is 81.9 Å². The van der Waals surface area contributed by atoms with E-state index in [0.717, 1.165) is 16.8 Å². The van der Waals surface area contributed by atoms with Crippen molar-refractivity contribution < 1.29 is 9.53 Å². The number of carbonyl (C=O) groups excluding carboxylic acids is 1. The number of carbonyl (C=O) groups is 1. The lowest BCUT2D eigenvalue weighted by Crippen LogP contribution is -2.29. The average molecular weight is 337 g/mol. The predicted octanol–water partition coefficient (Wildman–Crippen LogP) is 1.97. The molecule has 7 heteroatoms. The maximum atomic E-state index is 12.0. The fourth-order valence-electron chi connectivity index (χ4n) is 2.21. The second-order valence-corrected chi connectivity index (χ2v) is 5.72. The minimum atomic E-state index is -0.237. The van der Waals surface area contributed by atoms with Crippen LogP contribution in [-0.4, -0.2) is 32.7 Å². The van der Waals surface area contributed by atoms with Crippen molar-refractivity contribution in [3.63, 3.8) is 0 Å². The van der Waals surface area contributed by atoms with Gasteiger partial charge in [-0.2, -0.15) is 4.68 Å². The second kappa shape index (κ2) is 7.57. The summed E-state index contributed by atoms with van der Waals surface area (Å²) in [5.41, 5.74) is 3.13. The van der Waals surface area contributed by atoms with Crippen LogP contribution < -0.4 is 10.1 Å². The smallest absolute Gasteiger partial charge is 0.258 e. The quantitative estimate of drug-likeness (QED) is 0.744. The maximum Gasteiger partial charge on any atom is 0.258 e. The Balaban J connectivity index is 1.55. The molecular weight excluding hydrogens is 318 g/mol. The number of nitrogens with one attached hydrogen (secondary N) is 1. The van der Waals surface area contributed by atoms with Crippen LogP contribution in [0.3, 0.4) is 0 Å². The molecule has 0 radical (unpaired) electrons. The summed E-state index contributed by atoms with van der Waals surface area (Å²) in [4.78, 5) is 12.0.